The SMILES string of the molecule is O=C(c1ccc(-c2ccccc2)c(F)c1)[C@@H]1CCCN(C(=O)C[n+]2cc(=O)o[nH]2)C1. The fourth-order valence-electron chi connectivity index (χ4n) is 3.78. The molecule has 154 valence electrons. The van der Waals surface area contributed by atoms with E-state index >= 15 is 0 Å². The molecule has 0 bridgehead atoms. The van der Waals surface area contributed by atoms with Crippen LogP contribution in [0.4, 0.5) is 4.39 Å². The Labute approximate surface area is 171 Å². The first-order valence-corrected chi connectivity index (χ1v) is 9.76. The van der Waals surface area contributed by atoms with E-state index in [1.165, 1.54) is 10.7 Å². The number of nitrogens with one attached hydrogen (secondary N) is 1. The second-order valence-corrected chi connectivity index (χ2v) is 7.37. The van der Waals surface area contributed by atoms with Gasteiger partial charge in [-0.05, 0) is 29.7 Å². The number of nitrogens with zero attached hydrogens (tertiary/aromatic N) is 2. The zero-order valence-electron chi connectivity index (χ0n) is 16.2. The summed E-state index contributed by atoms with van der Waals surface area (Å²) in [4.78, 5) is 38.1. The topological polar surface area (TPSA) is 87.3 Å². The largest absolute Gasteiger partial charge is 0.426 e. The molecule has 1 saturated heterocycles. The molecule has 1 fully saturated rings. The first kappa shape index (κ1) is 19.8. The first-order chi connectivity index (χ1) is 14.5. The molecule has 0 radical (unpaired) electrons. The van der Waals surface area contributed by atoms with Gasteiger partial charge >= 0.3 is 5.63 Å². The van der Waals surface area contributed by atoms with Gasteiger partial charge in [0.1, 0.15) is 5.82 Å². The van der Waals surface area contributed by atoms with Crippen molar-refractivity contribution in [1.82, 2.24) is 10.2 Å². The standard InChI is InChI=1S/C22H20FN3O4/c23-19-11-16(8-9-18(19)15-5-2-1-3-6-15)22(29)17-7-4-10-25(12-17)20(27)13-26-14-21(28)30-24-26/h1-3,5-6,8-9,11,14,17H,4,7,10,12-13H2/p+1/t17-/m1/s1. The lowest BCUT2D eigenvalue weighted by Gasteiger charge is -2.31. The monoisotopic (exact) mass is 410 g/mol. The lowest BCUT2D eigenvalue weighted by molar-refractivity contribution is -0.751. The maximum atomic E-state index is 14.7. The molecule has 4 rings (SSSR count). The normalized spacial score (nSPS) is 16.4. The van der Waals surface area contributed by atoms with Crippen LogP contribution in [0.25, 0.3) is 11.1 Å². The van der Waals surface area contributed by atoms with Crippen molar-refractivity contribution in [3.8, 4) is 11.1 Å². The molecule has 1 atom stereocenters. The van der Waals surface area contributed by atoms with Gasteiger partial charge in [-0.1, -0.05) is 47.1 Å². The number of carbonyl (C=O) groups excluding carboxylic acids is 2. The summed E-state index contributed by atoms with van der Waals surface area (Å²) in [6.45, 7) is 0.724. The summed E-state index contributed by atoms with van der Waals surface area (Å²) in [6, 6.07) is 13.7. The highest BCUT2D eigenvalue weighted by Crippen LogP contribution is 2.26. The third-order valence-corrected chi connectivity index (χ3v) is 5.31. The number of ketones is 1. The molecule has 3 aromatic rings. The molecule has 30 heavy (non-hydrogen) atoms. The number of aromatic nitrogens is 2. The maximum Gasteiger partial charge on any atom is 0.426 e. The second kappa shape index (κ2) is 8.44. The second-order valence-electron chi connectivity index (χ2n) is 7.37. The van der Waals surface area contributed by atoms with Crippen molar-refractivity contribution in [2.24, 2.45) is 5.92 Å². The van der Waals surface area contributed by atoms with Crippen molar-refractivity contribution in [3.05, 3.63) is 76.5 Å². The molecule has 1 aliphatic heterocycles. The number of piperidine rings is 1. The van der Waals surface area contributed by atoms with Crippen LogP contribution in [0.5, 0.6) is 0 Å². The van der Waals surface area contributed by atoms with Gasteiger partial charge < -0.3 is 4.90 Å². The zero-order chi connectivity index (χ0) is 21.1. The number of H-pyrrole nitrogens is 1. The minimum absolute atomic E-state index is 0.0763. The number of halogens is 1. The summed E-state index contributed by atoms with van der Waals surface area (Å²) >= 11 is 0. The number of hydrogen-bond acceptors (Lipinski definition) is 4. The zero-order valence-corrected chi connectivity index (χ0v) is 16.2. The minimum atomic E-state index is -0.574. The van der Waals surface area contributed by atoms with E-state index in [1.807, 2.05) is 30.3 Å². The van der Waals surface area contributed by atoms with Crippen molar-refractivity contribution in [2.45, 2.75) is 19.4 Å². The average Bonchev–Trinajstić information content (AvgIpc) is 3.18. The van der Waals surface area contributed by atoms with Crippen molar-refractivity contribution >= 4 is 11.7 Å². The Hall–Kier alpha value is -3.55. The Balaban J connectivity index is 1.45. The van der Waals surface area contributed by atoms with Gasteiger partial charge in [-0.2, -0.15) is 0 Å². The summed E-state index contributed by atoms with van der Waals surface area (Å²) in [5.74, 6) is -1.23. The number of aromatic amines is 1. The number of likely N-dealkylation sites (tertiary alicyclic amines) is 1. The summed E-state index contributed by atoms with van der Waals surface area (Å²) in [7, 11) is 0. The quantitative estimate of drug-likeness (QED) is 0.516. The number of carbonyl (C=O) groups is 2. The van der Waals surface area contributed by atoms with Gasteiger partial charge in [0.2, 0.25) is 0 Å². The highest BCUT2D eigenvalue weighted by Gasteiger charge is 2.31. The molecular weight excluding hydrogens is 389 g/mol. The van der Waals surface area contributed by atoms with Gasteiger partial charge in [-0.15, -0.1) is 0 Å². The molecule has 2 aromatic carbocycles. The molecule has 0 spiro atoms. The van der Waals surface area contributed by atoms with E-state index in [0.717, 1.165) is 11.8 Å². The molecule has 7 nitrogen and oxygen atoms in total. The number of hydrogen-bond donors (Lipinski definition) is 1. The fraction of sp³-hybridized carbons (Fsp3) is 0.273. The molecule has 2 heterocycles. The number of benzene rings is 2. The Morgan fingerprint density at radius 2 is 2.00 bits per heavy atom. The van der Waals surface area contributed by atoms with Crippen molar-refractivity contribution in [3.63, 3.8) is 0 Å². The molecule has 8 heteroatoms. The van der Waals surface area contributed by atoms with Crippen LogP contribution in [-0.4, -0.2) is 35.0 Å². The van der Waals surface area contributed by atoms with Gasteiger partial charge in [0.15, 0.2) is 5.78 Å². The van der Waals surface area contributed by atoms with Crippen LogP contribution in [0.2, 0.25) is 0 Å². The minimum Gasteiger partial charge on any atom is -0.336 e. The molecule has 1 N–H and O–H groups in total. The van der Waals surface area contributed by atoms with Crippen molar-refractivity contribution in [2.75, 3.05) is 13.1 Å². The van der Waals surface area contributed by atoms with Crippen molar-refractivity contribution < 1.29 is 23.2 Å². The van der Waals surface area contributed by atoms with Crippen LogP contribution in [-0.2, 0) is 11.3 Å². The van der Waals surface area contributed by atoms with E-state index in [0.29, 0.717) is 30.5 Å². The lowest BCUT2D eigenvalue weighted by Crippen LogP contribution is -2.49. The van der Waals surface area contributed by atoms with Crippen LogP contribution in [0, 0.1) is 11.7 Å². The van der Waals surface area contributed by atoms with Crippen LogP contribution in [0.1, 0.15) is 23.2 Å². The highest BCUT2D eigenvalue weighted by atomic mass is 19.1. The third-order valence-electron chi connectivity index (χ3n) is 5.31. The summed E-state index contributed by atoms with van der Waals surface area (Å²) < 4.78 is 20.5. The number of rotatable bonds is 5. The Morgan fingerprint density at radius 1 is 1.20 bits per heavy atom. The van der Waals surface area contributed by atoms with Crippen LogP contribution >= 0.6 is 0 Å². The van der Waals surface area contributed by atoms with E-state index in [9.17, 15) is 18.8 Å². The van der Waals surface area contributed by atoms with E-state index in [2.05, 4.69) is 9.79 Å². The van der Waals surface area contributed by atoms with Crippen LogP contribution in [0.15, 0.2) is 64.0 Å². The molecule has 0 aliphatic carbocycles. The number of amides is 1. The van der Waals surface area contributed by atoms with Gasteiger partial charge in [-0.3, -0.25) is 14.1 Å². The molecule has 0 unspecified atom stereocenters. The van der Waals surface area contributed by atoms with E-state index in [-0.39, 0.29) is 24.8 Å². The fourth-order valence-corrected chi connectivity index (χ4v) is 3.78. The van der Waals surface area contributed by atoms with Crippen LogP contribution < -0.4 is 10.3 Å². The molecular formula is C22H21FN3O4+. The summed E-state index contributed by atoms with van der Waals surface area (Å²) in [5, 5.41) is 2.33. The predicted molar refractivity (Wildman–Crippen MR) is 105 cm³/mol. The maximum absolute atomic E-state index is 14.7. The van der Waals surface area contributed by atoms with Gasteiger partial charge in [0.05, 0.1) is 0 Å². The van der Waals surface area contributed by atoms with Crippen molar-refractivity contribution in [1.29, 1.82) is 0 Å². The first-order valence-electron chi connectivity index (χ1n) is 9.76. The van der Waals surface area contributed by atoms with Gasteiger partial charge in [0.25, 0.3) is 18.6 Å². The average molecular weight is 410 g/mol. The number of Topliss-reactive ketones (excluding diaryl/α,β-unsaturated/α-hetero) is 1. The Kier molecular flexibility index (Phi) is 5.56. The summed E-state index contributed by atoms with van der Waals surface area (Å²) in [5.41, 5.74) is 0.924. The molecule has 1 aliphatic rings. The Morgan fingerprint density at radius 3 is 2.70 bits per heavy atom. The predicted octanol–water partition coefficient (Wildman–Crippen LogP) is 2.18. The van der Waals surface area contributed by atoms with Crippen LogP contribution in [0.3, 0.4) is 0 Å². The van der Waals surface area contributed by atoms with Gasteiger partial charge in [-0.25, -0.2) is 9.18 Å². The van der Waals surface area contributed by atoms with E-state index in [4.69, 9.17) is 0 Å². The smallest absolute Gasteiger partial charge is 0.336 e. The van der Waals surface area contributed by atoms with Gasteiger partial charge in [0, 0.05) is 30.1 Å². The third kappa shape index (κ3) is 4.22. The molecule has 1 aromatic heterocycles. The lowest BCUT2D eigenvalue weighted by atomic mass is 9.89. The Bertz CT molecular complexity index is 1120. The molecule has 0 saturated carbocycles. The highest BCUT2D eigenvalue weighted by molar-refractivity contribution is 5.98. The molecule has 1 amide bonds. The summed E-state index contributed by atoms with van der Waals surface area (Å²) in [6.07, 6.45) is 2.47. The van der Waals surface area contributed by atoms with E-state index in [1.54, 1.807) is 17.0 Å². The van der Waals surface area contributed by atoms with E-state index < -0.39 is 17.4 Å².